The number of dihydropyridines is 1. The van der Waals surface area contributed by atoms with Gasteiger partial charge in [-0.2, -0.15) is 0 Å². The molecule has 3 fully saturated rings. The van der Waals surface area contributed by atoms with Gasteiger partial charge in [0.15, 0.2) is 11.5 Å². The minimum Gasteiger partial charge on any atom is -0.504 e. The zero-order valence-corrected chi connectivity index (χ0v) is 58.7. The molecule has 1 aromatic heterocycles. The maximum absolute atomic E-state index is 13.8. The average molecular weight is 1370 g/mol. The smallest absolute Gasteiger partial charge is 0.161 e. The molecule has 23 atom stereocenters. The molecule has 11 aliphatic rings. The lowest BCUT2D eigenvalue weighted by molar-refractivity contribution is -0.154. The number of aromatic nitrogens is 1. The summed E-state index contributed by atoms with van der Waals surface area (Å²) >= 11 is 0. The molecule has 15 rings (SSSR count). The number of phenols is 1. The Bertz CT molecular complexity index is 3760. The van der Waals surface area contributed by atoms with E-state index >= 15 is 0 Å². The second kappa shape index (κ2) is 29.1. The fourth-order valence-corrected chi connectivity index (χ4v) is 24.8. The number of ether oxygens (including phenoxy) is 3. The van der Waals surface area contributed by atoms with E-state index in [2.05, 4.69) is 132 Å². The van der Waals surface area contributed by atoms with Gasteiger partial charge in [0.25, 0.3) is 0 Å². The highest BCUT2D eigenvalue weighted by Gasteiger charge is 2.71. The van der Waals surface area contributed by atoms with Crippen LogP contribution in [0.2, 0.25) is 0 Å². The van der Waals surface area contributed by atoms with Gasteiger partial charge >= 0.3 is 0 Å². The van der Waals surface area contributed by atoms with Crippen molar-refractivity contribution in [3.63, 3.8) is 0 Å². The number of aliphatic hydroxyl groups is 6. The van der Waals surface area contributed by atoms with Crippen LogP contribution in [-0.4, -0.2) is 129 Å². The summed E-state index contributed by atoms with van der Waals surface area (Å²) in [5, 5.41) is 90.4. The van der Waals surface area contributed by atoms with Crippen molar-refractivity contribution in [2.45, 2.75) is 151 Å². The molecule has 1 saturated heterocycles. The fourth-order valence-electron chi connectivity index (χ4n) is 22.3. The first-order valence-corrected chi connectivity index (χ1v) is 39.7. The van der Waals surface area contributed by atoms with E-state index in [1.165, 1.54) is 53.5 Å². The minimum absolute atomic E-state index is 0.0223. The van der Waals surface area contributed by atoms with Gasteiger partial charge in [0.1, 0.15) is 11.9 Å². The van der Waals surface area contributed by atoms with Crippen LogP contribution < -0.4 is 15.8 Å². The maximum atomic E-state index is 13.8. The Labute approximate surface area is 587 Å². The van der Waals surface area contributed by atoms with Crippen LogP contribution in [0.3, 0.4) is 0 Å². The Morgan fingerprint density at radius 2 is 1.62 bits per heavy atom. The second-order valence-electron chi connectivity index (χ2n) is 30.9. The number of aliphatic hydroxyl groups excluding tert-OH is 6. The number of H-pyrrole nitrogens is 1. The van der Waals surface area contributed by atoms with Gasteiger partial charge in [-0.1, -0.05) is 161 Å². The first kappa shape index (κ1) is 68.3. The lowest BCUT2D eigenvalue weighted by atomic mass is 9.33. The van der Waals surface area contributed by atoms with E-state index in [-0.39, 0.29) is 97.1 Å². The molecule has 98 heavy (non-hydrogen) atoms. The molecule has 2 saturated carbocycles. The molecular weight excluding hydrogens is 1260 g/mol. The van der Waals surface area contributed by atoms with E-state index in [0.717, 1.165) is 40.8 Å². The summed E-state index contributed by atoms with van der Waals surface area (Å²) in [5.41, 5.74) is 16.8. The van der Waals surface area contributed by atoms with E-state index in [9.17, 15) is 35.7 Å². The van der Waals surface area contributed by atoms with E-state index < -0.39 is 65.0 Å². The van der Waals surface area contributed by atoms with Crippen LogP contribution in [0.5, 0.6) is 11.5 Å². The molecule has 0 radical (unpaired) electrons. The Morgan fingerprint density at radius 3 is 2.41 bits per heavy atom. The minimum atomic E-state index is -1.10. The second-order valence-corrected chi connectivity index (χ2v) is 33.4. The molecule has 3 heterocycles. The van der Waals surface area contributed by atoms with Gasteiger partial charge in [-0.15, -0.1) is 0 Å². The van der Waals surface area contributed by atoms with Crippen LogP contribution in [0.25, 0.3) is 0 Å². The topological polar surface area (TPSA) is 223 Å². The first-order valence-electron chi connectivity index (χ1n) is 37.2. The van der Waals surface area contributed by atoms with Crippen molar-refractivity contribution < 1.29 is 50.0 Å². The third-order valence-corrected chi connectivity index (χ3v) is 28.7. The number of nitrogens with one attached hydrogen (secondary N) is 2. The number of hydrogen-bond donors (Lipinski definition) is 10. The van der Waals surface area contributed by atoms with Gasteiger partial charge in [-0.3, -0.25) is 0 Å². The summed E-state index contributed by atoms with van der Waals surface area (Å²) in [6.45, 7) is 2.84. The maximum Gasteiger partial charge on any atom is 0.161 e. The Balaban J connectivity index is 0.892. The van der Waals surface area contributed by atoms with Gasteiger partial charge < -0.3 is 66.0 Å². The molecule has 9 aliphatic carbocycles. The number of aromatic hydroxyl groups is 1. The predicted octanol–water partition coefficient (Wildman–Crippen LogP) is 12.3. The van der Waals surface area contributed by atoms with Crippen molar-refractivity contribution in [1.82, 2.24) is 10.3 Å². The van der Waals surface area contributed by atoms with Crippen molar-refractivity contribution in [3.05, 3.63) is 189 Å². The zero-order chi connectivity index (χ0) is 67.4. The summed E-state index contributed by atoms with van der Waals surface area (Å²) in [7, 11) is 5.03. The quantitative estimate of drug-likeness (QED) is 0.0232. The van der Waals surface area contributed by atoms with E-state index in [1.54, 1.807) is 28.7 Å². The number of hydrogen-bond acceptors (Lipinski definition) is 14. The van der Waals surface area contributed by atoms with Gasteiger partial charge in [0.2, 0.25) is 0 Å². The Kier molecular flexibility index (Phi) is 20.3. The summed E-state index contributed by atoms with van der Waals surface area (Å²) in [5.74, 6) is 9.01. The fraction of sp³-hybridized carbons (Fsp3) is 0.566. The third kappa shape index (κ3) is 12.1. The number of benzene rings is 3. The highest BCUT2D eigenvalue weighted by atomic mass is 33.1. The molecule has 4 bridgehead atoms. The highest BCUT2D eigenvalue weighted by molar-refractivity contribution is 8.76. The molecule has 23 unspecified atom stereocenters. The average Bonchev–Trinajstić information content (AvgIpc) is 0.712. The third-order valence-electron chi connectivity index (χ3n) is 26.3. The van der Waals surface area contributed by atoms with E-state index in [1.807, 2.05) is 24.4 Å². The lowest BCUT2D eigenvalue weighted by Gasteiger charge is -2.70. The monoisotopic (exact) mass is 1370 g/mol. The summed E-state index contributed by atoms with van der Waals surface area (Å²) in [6, 6.07) is 28.4. The van der Waals surface area contributed by atoms with Crippen molar-refractivity contribution >= 4 is 21.6 Å². The van der Waals surface area contributed by atoms with Crippen molar-refractivity contribution in [1.29, 1.82) is 0 Å². The number of phenolic OH excluding ortho intramolecular Hbond substituents is 1. The van der Waals surface area contributed by atoms with Crippen LogP contribution >= 0.6 is 21.6 Å². The summed E-state index contributed by atoms with van der Waals surface area (Å²) in [4.78, 5) is 3.41. The van der Waals surface area contributed by atoms with Gasteiger partial charge in [-0.25, -0.2) is 0 Å². The predicted molar refractivity (Wildman–Crippen MR) is 388 cm³/mol. The number of methoxy groups -OCH3 is 1. The van der Waals surface area contributed by atoms with Crippen LogP contribution in [-0.2, 0) is 22.3 Å². The number of nitrogens with two attached hydrogens (primary N) is 1. The van der Waals surface area contributed by atoms with Crippen LogP contribution in [0.4, 0.5) is 0 Å². The summed E-state index contributed by atoms with van der Waals surface area (Å²) in [6.07, 6.45) is 25.7. The number of allylic oxidation sites excluding steroid dienone is 8. The Hall–Kier alpha value is -5.48. The lowest BCUT2D eigenvalue weighted by Crippen LogP contribution is -2.67. The normalized spacial score (nSPS) is 38.4. The molecule has 2 spiro atoms. The molecule has 3 aromatic carbocycles. The largest absolute Gasteiger partial charge is 0.504 e. The molecule has 4 aromatic rings. The van der Waals surface area contributed by atoms with Gasteiger partial charge in [0.05, 0.1) is 37.6 Å². The SMILES string of the molecule is CCC1Cc2cc(O)c(OC3CC(Cc4ccc[nH]4)C4=CCNC(N)=C4CSSCC(CO)C3O)cc2C2CC(O)C3C(C#CC45CC(c6ccccc6)C6C7C=CC(c8ccccc87)C7C8CCCCC8C=CC7C6(C=C(CCCOC)C4C(O)CCC3OCCO)C5CO)C=C12. The molecule has 0 amide bonds. The number of aromatic amines is 1. The van der Waals surface area contributed by atoms with Crippen molar-refractivity contribution in [2.75, 3.05) is 58.2 Å². The molecule has 522 valence electrons. The standard InChI is InChI=1S/C83H103N3O10S2/c1-3-48-35-53-38-70(91)73(96-74-39-54(36-56-17-11-30-85-56)57-28-31-86-81(84)67(57)47-98-97-46-55(44-88)80(74)93)41-64(53)65-40-71(92)76-51(37-63(48)65)27-29-82-43-66(49-13-5-4-6-14-49)79-62-23-22-61(59-19-9-10-20-60(59)62)77-58-18-8-7-15-50(58)21-24-68(77)83(79,75(82)45-89)42-52(16-12-33-94-2)78(82)69(90)25-26-72(76)95-34-32-87/h4-6,9-11,13-14,17,19-24,28,30,37-38,41-42,48,50-51,54-55,58,61-62,65-66,68-69,71-72,74-80,85-93H,3,7-8,12,15-16,18,25-26,31-36,39-40,43-47,84H2,1-2H3. The van der Waals surface area contributed by atoms with Crippen molar-refractivity contribution in [3.8, 4) is 23.3 Å². The van der Waals surface area contributed by atoms with Gasteiger partial charge in [0, 0.05) is 121 Å². The highest BCUT2D eigenvalue weighted by Crippen LogP contribution is 2.76. The van der Waals surface area contributed by atoms with Crippen molar-refractivity contribution in [2.24, 2.45) is 87.6 Å². The number of fused-ring (bicyclic) bond motifs is 10. The Morgan fingerprint density at radius 1 is 0.806 bits per heavy atom. The molecule has 15 heteroatoms. The van der Waals surface area contributed by atoms with Crippen LogP contribution in [0, 0.1) is 93.7 Å². The first-order chi connectivity index (χ1) is 47.9. The molecular formula is C83H103N3O10S2. The van der Waals surface area contributed by atoms with Crippen LogP contribution in [0.1, 0.15) is 141 Å². The van der Waals surface area contributed by atoms with Gasteiger partial charge in [-0.05, 0) is 182 Å². The number of rotatable bonds is 15. The molecule has 2 aliphatic heterocycles. The van der Waals surface area contributed by atoms with Crippen LogP contribution in [0.15, 0.2) is 156 Å². The van der Waals surface area contributed by atoms with E-state index in [4.69, 9.17) is 19.9 Å². The summed E-state index contributed by atoms with van der Waals surface area (Å²) < 4.78 is 19.9. The molecule has 11 N–H and O–H groups in total. The molecule has 13 nitrogen and oxygen atoms in total. The van der Waals surface area contributed by atoms with E-state index in [0.29, 0.717) is 93.7 Å². The zero-order valence-electron chi connectivity index (χ0n) is 57.1.